The van der Waals surface area contributed by atoms with E-state index in [1.165, 1.54) is 38.9 Å². The summed E-state index contributed by atoms with van der Waals surface area (Å²) in [6.07, 6.45) is 0. The van der Waals surface area contributed by atoms with Crippen molar-refractivity contribution in [3.05, 3.63) is 106 Å². The molecule has 3 heteroatoms. The Kier molecular flexibility index (Phi) is 4.00. The van der Waals surface area contributed by atoms with E-state index in [4.69, 9.17) is 0 Å². The van der Waals surface area contributed by atoms with Gasteiger partial charge in [0, 0.05) is 39.1 Å². The van der Waals surface area contributed by atoms with E-state index in [2.05, 4.69) is 90.5 Å². The number of benzene rings is 3. The number of nitrogens with one attached hydrogen (secondary N) is 2. The highest BCUT2D eigenvalue weighted by Crippen LogP contribution is 2.42. The maximum atomic E-state index is 9.25. The molecule has 0 saturated heterocycles. The van der Waals surface area contributed by atoms with Crippen molar-refractivity contribution >= 4 is 21.8 Å². The highest BCUT2D eigenvalue weighted by molar-refractivity contribution is 5.90. The largest absolute Gasteiger partial charge is 0.358 e. The number of aromatic amines is 2. The number of aryl methyl sites for hydroxylation is 2. The predicted molar refractivity (Wildman–Crippen MR) is 118 cm³/mol. The quantitative estimate of drug-likeness (QED) is 0.381. The van der Waals surface area contributed by atoms with Crippen LogP contribution in [0.5, 0.6) is 0 Å². The normalized spacial score (nSPS) is 11.4. The minimum Gasteiger partial charge on any atom is -0.358 e. The second kappa shape index (κ2) is 6.68. The molecule has 3 nitrogen and oxygen atoms in total. The van der Waals surface area contributed by atoms with Gasteiger partial charge in [0.2, 0.25) is 0 Å². The first kappa shape index (κ1) is 17.3. The van der Waals surface area contributed by atoms with Crippen LogP contribution >= 0.6 is 0 Å². The van der Waals surface area contributed by atoms with Gasteiger partial charge >= 0.3 is 0 Å². The van der Waals surface area contributed by atoms with Crippen molar-refractivity contribution in [3.63, 3.8) is 0 Å². The van der Waals surface area contributed by atoms with Crippen molar-refractivity contribution in [2.45, 2.75) is 19.8 Å². The molecule has 5 rings (SSSR count). The van der Waals surface area contributed by atoms with E-state index < -0.39 is 0 Å². The lowest BCUT2D eigenvalue weighted by Gasteiger charge is -2.20. The predicted octanol–water partition coefficient (Wildman–Crippen LogP) is 6.32. The van der Waals surface area contributed by atoms with Gasteiger partial charge in [-0.1, -0.05) is 48.5 Å². The van der Waals surface area contributed by atoms with Gasteiger partial charge in [0.25, 0.3) is 0 Å². The third kappa shape index (κ3) is 2.73. The fourth-order valence-corrected chi connectivity index (χ4v) is 4.57. The molecule has 5 aromatic rings. The van der Waals surface area contributed by atoms with E-state index in [-0.39, 0.29) is 5.92 Å². The molecule has 0 aliphatic carbocycles. The monoisotopic (exact) mass is 375 g/mol. The lowest BCUT2D eigenvalue weighted by Crippen LogP contribution is -2.06. The van der Waals surface area contributed by atoms with Crippen LogP contribution in [0.3, 0.4) is 0 Å². The molecule has 3 aromatic carbocycles. The highest BCUT2D eigenvalue weighted by Gasteiger charge is 2.26. The molecule has 0 fully saturated rings. The molecule has 0 spiro atoms. The number of fused-ring (bicyclic) bond motifs is 2. The van der Waals surface area contributed by atoms with Gasteiger partial charge in [-0.15, -0.1) is 0 Å². The number of hydrogen-bond acceptors (Lipinski definition) is 1. The summed E-state index contributed by atoms with van der Waals surface area (Å²) in [5.41, 5.74) is 9.09. The van der Waals surface area contributed by atoms with Crippen LogP contribution in [-0.4, -0.2) is 9.97 Å². The molecule has 140 valence electrons. The molecule has 0 bridgehead atoms. The first-order valence-corrected chi connectivity index (χ1v) is 9.82. The molecule has 0 atom stereocenters. The second-order valence-electron chi connectivity index (χ2n) is 7.59. The van der Waals surface area contributed by atoms with Gasteiger partial charge < -0.3 is 9.97 Å². The molecule has 0 amide bonds. The molecule has 0 unspecified atom stereocenters. The van der Waals surface area contributed by atoms with Crippen LogP contribution in [0.2, 0.25) is 0 Å². The van der Waals surface area contributed by atoms with E-state index in [0.717, 1.165) is 11.0 Å². The molecule has 2 heterocycles. The van der Waals surface area contributed by atoms with Crippen LogP contribution in [-0.2, 0) is 0 Å². The molecular weight excluding hydrogens is 354 g/mol. The lowest BCUT2D eigenvalue weighted by molar-refractivity contribution is 0.961. The van der Waals surface area contributed by atoms with Gasteiger partial charge in [-0.25, -0.2) is 0 Å². The molecule has 0 radical (unpaired) electrons. The van der Waals surface area contributed by atoms with Crippen LogP contribution < -0.4 is 0 Å². The lowest BCUT2D eigenvalue weighted by atomic mass is 9.82. The second-order valence-corrected chi connectivity index (χ2v) is 7.59. The molecule has 29 heavy (non-hydrogen) atoms. The average molecular weight is 375 g/mol. The molecule has 0 aliphatic rings. The van der Waals surface area contributed by atoms with Gasteiger partial charge in [0.15, 0.2) is 0 Å². The van der Waals surface area contributed by atoms with Gasteiger partial charge in [0.1, 0.15) is 0 Å². The average Bonchev–Trinajstić information content (AvgIpc) is 3.25. The van der Waals surface area contributed by atoms with Crippen LogP contribution in [0.15, 0.2) is 72.8 Å². The van der Waals surface area contributed by atoms with Crippen LogP contribution in [0.1, 0.15) is 39.6 Å². The summed E-state index contributed by atoms with van der Waals surface area (Å²) in [4.78, 5) is 7.13. The third-order valence-electron chi connectivity index (χ3n) is 5.84. The van der Waals surface area contributed by atoms with Crippen LogP contribution in [0.25, 0.3) is 21.8 Å². The minimum absolute atomic E-state index is 0.0649. The zero-order valence-electron chi connectivity index (χ0n) is 16.5. The summed E-state index contributed by atoms with van der Waals surface area (Å²) in [7, 11) is 0. The van der Waals surface area contributed by atoms with E-state index >= 15 is 0 Å². The number of hydrogen-bond donors (Lipinski definition) is 2. The number of H-pyrrole nitrogens is 2. The summed E-state index contributed by atoms with van der Waals surface area (Å²) in [5, 5.41) is 11.7. The van der Waals surface area contributed by atoms with Gasteiger partial charge in [-0.3, -0.25) is 0 Å². The molecule has 0 aliphatic heterocycles. The van der Waals surface area contributed by atoms with Crippen molar-refractivity contribution in [3.8, 4) is 6.07 Å². The SMILES string of the molecule is Cc1[nH]c2ccccc2c1C(c1ccc(C#N)cc1)c1c(C)[nH]c2ccccc12. The standard InChI is InChI=1S/C26H21N3/c1-16-24(20-7-3-5-9-22(20)28-16)26(19-13-11-18(15-27)12-14-19)25-17(2)29-23-10-6-4-8-21(23)25/h3-14,26,28-29H,1-2H3. The maximum Gasteiger partial charge on any atom is 0.0991 e. The van der Waals surface area contributed by atoms with Crippen LogP contribution in [0, 0.1) is 25.2 Å². The van der Waals surface area contributed by atoms with Gasteiger partial charge in [-0.05, 0) is 54.8 Å². The Labute approximate surface area is 169 Å². The van der Waals surface area contributed by atoms with Gasteiger partial charge in [0.05, 0.1) is 11.6 Å². The first-order chi connectivity index (χ1) is 14.2. The smallest absolute Gasteiger partial charge is 0.0991 e. The highest BCUT2D eigenvalue weighted by atomic mass is 14.7. The zero-order valence-corrected chi connectivity index (χ0v) is 16.5. The zero-order chi connectivity index (χ0) is 20.0. The van der Waals surface area contributed by atoms with Crippen molar-refractivity contribution in [2.24, 2.45) is 0 Å². The fraction of sp³-hybridized carbons (Fsp3) is 0.115. The van der Waals surface area contributed by atoms with E-state index in [0.29, 0.717) is 5.56 Å². The van der Waals surface area contributed by atoms with E-state index in [1.807, 2.05) is 12.1 Å². The summed E-state index contributed by atoms with van der Waals surface area (Å²) in [6.45, 7) is 4.30. The Morgan fingerprint density at radius 3 is 1.66 bits per heavy atom. The van der Waals surface area contributed by atoms with E-state index in [9.17, 15) is 5.26 Å². The number of nitriles is 1. The molecule has 2 N–H and O–H groups in total. The summed E-state index contributed by atoms with van der Waals surface area (Å²) < 4.78 is 0. The van der Waals surface area contributed by atoms with E-state index in [1.54, 1.807) is 0 Å². The minimum atomic E-state index is 0.0649. The Morgan fingerprint density at radius 1 is 0.690 bits per heavy atom. The summed E-state index contributed by atoms with van der Waals surface area (Å²) in [6, 6.07) is 27.2. The number of nitrogens with zero attached hydrogens (tertiary/aromatic N) is 1. The van der Waals surface area contributed by atoms with Gasteiger partial charge in [-0.2, -0.15) is 5.26 Å². The number of para-hydroxylation sites is 2. The maximum absolute atomic E-state index is 9.25. The van der Waals surface area contributed by atoms with Crippen molar-refractivity contribution in [1.82, 2.24) is 9.97 Å². The number of aromatic nitrogens is 2. The first-order valence-electron chi connectivity index (χ1n) is 9.82. The summed E-state index contributed by atoms with van der Waals surface area (Å²) >= 11 is 0. The molecule has 0 saturated carbocycles. The van der Waals surface area contributed by atoms with Crippen molar-refractivity contribution < 1.29 is 0 Å². The Hall–Kier alpha value is -3.77. The summed E-state index contributed by atoms with van der Waals surface area (Å²) in [5.74, 6) is 0.0649. The topological polar surface area (TPSA) is 55.4 Å². The Morgan fingerprint density at radius 2 is 1.17 bits per heavy atom. The number of rotatable bonds is 3. The van der Waals surface area contributed by atoms with Crippen molar-refractivity contribution in [1.29, 1.82) is 5.26 Å². The third-order valence-corrected chi connectivity index (χ3v) is 5.84. The fourth-order valence-electron chi connectivity index (χ4n) is 4.57. The Bertz CT molecular complexity index is 1300. The molecular formula is C26H21N3. The molecule has 2 aromatic heterocycles. The van der Waals surface area contributed by atoms with Crippen LogP contribution in [0.4, 0.5) is 0 Å². The van der Waals surface area contributed by atoms with Crippen molar-refractivity contribution in [2.75, 3.05) is 0 Å². The Balaban J connectivity index is 1.85.